The second-order valence-corrected chi connectivity index (χ2v) is 9.00. The number of hydrogen-bond donors (Lipinski definition) is 0. The van der Waals surface area contributed by atoms with Gasteiger partial charge in [-0.2, -0.15) is 0 Å². The number of methoxy groups -OCH3 is 1. The van der Waals surface area contributed by atoms with E-state index in [9.17, 15) is 9.59 Å². The molecule has 5 heteroatoms. The lowest BCUT2D eigenvalue weighted by atomic mass is 9.68. The lowest BCUT2D eigenvalue weighted by molar-refractivity contribution is -0.162. The average molecular weight is 350 g/mol. The molecule has 0 bridgehead atoms. The van der Waals surface area contributed by atoms with Crippen LogP contribution in [0.25, 0.3) is 0 Å². The van der Waals surface area contributed by atoms with Crippen LogP contribution in [0.15, 0.2) is 11.6 Å². The number of fused-ring (bicyclic) bond motifs is 3. The van der Waals surface area contributed by atoms with Gasteiger partial charge in [-0.15, -0.1) is 0 Å². The fourth-order valence-electron chi connectivity index (χ4n) is 5.21. The van der Waals surface area contributed by atoms with E-state index < -0.39 is 17.2 Å². The molecule has 0 N–H and O–H groups in total. The maximum atomic E-state index is 13.0. The molecule has 1 saturated heterocycles. The van der Waals surface area contributed by atoms with E-state index in [0.29, 0.717) is 12.3 Å². The van der Waals surface area contributed by atoms with E-state index in [4.69, 9.17) is 14.2 Å². The Balaban J connectivity index is 2.09. The molecule has 0 unspecified atom stereocenters. The Morgan fingerprint density at radius 3 is 2.40 bits per heavy atom. The highest BCUT2D eigenvalue weighted by Crippen LogP contribution is 2.60. The zero-order chi connectivity index (χ0) is 18.8. The number of rotatable bonds is 2. The van der Waals surface area contributed by atoms with Gasteiger partial charge < -0.3 is 14.2 Å². The van der Waals surface area contributed by atoms with Crippen LogP contribution in [0.2, 0.25) is 0 Å². The predicted octanol–water partition coefficient (Wildman–Crippen LogP) is 3.27. The maximum Gasteiger partial charge on any atom is 0.319 e. The minimum atomic E-state index is -1.12. The Hall–Kier alpha value is -1.20. The second-order valence-electron chi connectivity index (χ2n) is 9.00. The van der Waals surface area contributed by atoms with Gasteiger partial charge in [-0.1, -0.05) is 20.8 Å². The molecule has 1 saturated carbocycles. The van der Waals surface area contributed by atoms with E-state index in [1.165, 1.54) is 7.11 Å². The van der Waals surface area contributed by atoms with Crippen LogP contribution in [0.1, 0.15) is 54.4 Å². The van der Waals surface area contributed by atoms with E-state index in [-0.39, 0.29) is 29.3 Å². The first kappa shape index (κ1) is 18.6. The lowest BCUT2D eigenvalue weighted by Gasteiger charge is -2.38. The van der Waals surface area contributed by atoms with Crippen LogP contribution in [-0.4, -0.2) is 36.9 Å². The number of ether oxygens (including phenoxy) is 3. The molecule has 0 aromatic heterocycles. The van der Waals surface area contributed by atoms with Crippen molar-refractivity contribution in [3.63, 3.8) is 0 Å². The fourth-order valence-corrected chi connectivity index (χ4v) is 5.21. The summed E-state index contributed by atoms with van der Waals surface area (Å²) in [5, 5.41) is 0. The zero-order valence-corrected chi connectivity index (χ0v) is 16.3. The van der Waals surface area contributed by atoms with Gasteiger partial charge >= 0.3 is 5.97 Å². The molecule has 2 fully saturated rings. The topological polar surface area (TPSA) is 61.8 Å². The predicted molar refractivity (Wildman–Crippen MR) is 92.7 cm³/mol. The Bertz CT molecular complexity index is 634. The molecule has 5 atom stereocenters. The highest BCUT2D eigenvalue weighted by atomic mass is 16.8. The molecule has 3 rings (SSSR count). The summed E-state index contributed by atoms with van der Waals surface area (Å²) in [6, 6.07) is 0. The summed E-state index contributed by atoms with van der Waals surface area (Å²) in [4.78, 5) is 25.3. The lowest BCUT2D eigenvalue weighted by Crippen LogP contribution is -2.39. The third-order valence-corrected chi connectivity index (χ3v) is 6.51. The normalized spacial score (nSPS) is 42.6. The van der Waals surface area contributed by atoms with Gasteiger partial charge in [0.2, 0.25) is 0 Å². The van der Waals surface area contributed by atoms with Crippen molar-refractivity contribution in [1.29, 1.82) is 0 Å². The molecule has 2 aliphatic carbocycles. The summed E-state index contributed by atoms with van der Waals surface area (Å²) in [7, 11) is 1.34. The molecular formula is C20H30O5. The van der Waals surface area contributed by atoms with E-state index in [1.807, 2.05) is 13.8 Å². The zero-order valence-electron chi connectivity index (χ0n) is 16.3. The number of ketones is 1. The van der Waals surface area contributed by atoms with Crippen LogP contribution in [-0.2, 0) is 23.8 Å². The molecule has 1 heterocycles. The van der Waals surface area contributed by atoms with Crippen molar-refractivity contribution < 1.29 is 23.8 Å². The van der Waals surface area contributed by atoms with Crippen molar-refractivity contribution in [3.8, 4) is 0 Å². The summed E-state index contributed by atoms with van der Waals surface area (Å²) in [5.74, 6) is -0.697. The minimum Gasteiger partial charge on any atom is -0.468 e. The number of carbonyl (C=O) groups excluding carboxylic acids is 2. The summed E-state index contributed by atoms with van der Waals surface area (Å²) in [6.45, 7) is 12.1. The van der Waals surface area contributed by atoms with Crippen LogP contribution in [0.4, 0.5) is 0 Å². The fraction of sp³-hybridized carbons (Fsp3) is 0.800. The highest BCUT2D eigenvalue weighted by molar-refractivity contribution is 6.09. The van der Waals surface area contributed by atoms with Crippen molar-refractivity contribution in [3.05, 3.63) is 11.6 Å². The Morgan fingerprint density at radius 1 is 1.20 bits per heavy atom. The second kappa shape index (κ2) is 5.65. The molecule has 0 radical (unpaired) electrons. The van der Waals surface area contributed by atoms with Crippen molar-refractivity contribution in [2.75, 3.05) is 7.11 Å². The van der Waals surface area contributed by atoms with Gasteiger partial charge in [-0.05, 0) is 62.5 Å². The van der Waals surface area contributed by atoms with Crippen LogP contribution < -0.4 is 0 Å². The first-order chi connectivity index (χ1) is 11.5. The minimum absolute atomic E-state index is 0.0541. The van der Waals surface area contributed by atoms with Gasteiger partial charge in [0, 0.05) is 0 Å². The van der Waals surface area contributed by atoms with Gasteiger partial charge in [0.05, 0.1) is 13.2 Å². The van der Waals surface area contributed by atoms with E-state index in [2.05, 4.69) is 20.8 Å². The standard InChI is InChI=1S/C20H30O5/c1-11(2)14-16-15(24-18(3,4)25-16)12-10-13(21)20(6,17(22)23-7)9-8-19(12,14)5/h10-11,14-16H,8-9H2,1-7H3/t14-,15+,16-,19-,20-/m1/s1. The van der Waals surface area contributed by atoms with Crippen molar-refractivity contribution in [1.82, 2.24) is 0 Å². The van der Waals surface area contributed by atoms with Gasteiger partial charge in [-0.3, -0.25) is 9.59 Å². The summed E-state index contributed by atoms with van der Waals surface area (Å²) < 4.78 is 17.3. The molecule has 25 heavy (non-hydrogen) atoms. The Morgan fingerprint density at radius 2 is 1.84 bits per heavy atom. The van der Waals surface area contributed by atoms with Crippen LogP contribution in [0.3, 0.4) is 0 Å². The van der Waals surface area contributed by atoms with Gasteiger partial charge in [0.15, 0.2) is 11.6 Å². The van der Waals surface area contributed by atoms with E-state index in [0.717, 1.165) is 12.0 Å². The summed E-state index contributed by atoms with van der Waals surface area (Å²) in [5.41, 5.74) is -0.359. The molecule has 140 valence electrons. The van der Waals surface area contributed by atoms with E-state index >= 15 is 0 Å². The van der Waals surface area contributed by atoms with Gasteiger partial charge in [0.1, 0.15) is 11.5 Å². The molecule has 0 amide bonds. The average Bonchev–Trinajstić information content (AvgIpc) is 2.88. The molecule has 1 aliphatic heterocycles. The van der Waals surface area contributed by atoms with Crippen LogP contribution in [0.5, 0.6) is 0 Å². The number of hydrogen-bond acceptors (Lipinski definition) is 5. The number of allylic oxidation sites excluding steroid dienone is 1. The Kier molecular flexibility index (Phi) is 4.20. The smallest absolute Gasteiger partial charge is 0.319 e. The third-order valence-electron chi connectivity index (χ3n) is 6.51. The Labute approximate surface area is 150 Å². The molecule has 0 aromatic carbocycles. The monoisotopic (exact) mass is 350 g/mol. The number of esters is 1. The molecule has 5 nitrogen and oxygen atoms in total. The van der Waals surface area contributed by atoms with Crippen LogP contribution in [0, 0.1) is 22.7 Å². The summed E-state index contributed by atoms with van der Waals surface area (Å²) in [6.07, 6.45) is 2.59. The molecular weight excluding hydrogens is 320 g/mol. The largest absolute Gasteiger partial charge is 0.468 e. The first-order valence-electron chi connectivity index (χ1n) is 9.17. The molecule has 3 aliphatic rings. The maximum absolute atomic E-state index is 13.0. The van der Waals surface area contributed by atoms with Gasteiger partial charge in [0.25, 0.3) is 0 Å². The van der Waals surface area contributed by atoms with Gasteiger partial charge in [-0.25, -0.2) is 0 Å². The molecule has 0 aromatic rings. The quantitative estimate of drug-likeness (QED) is 0.565. The van der Waals surface area contributed by atoms with Crippen molar-refractivity contribution in [2.24, 2.45) is 22.7 Å². The SMILES string of the molecule is COC(=O)[C@]1(C)CC[C@]2(C)C(=CC1=O)[C@@H]1OC(C)(C)O[C@@H]1[C@H]2C(C)C. The van der Waals surface area contributed by atoms with Crippen molar-refractivity contribution in [2.45, 2.75) is 72.4 Å². The third kappa shape index (κ3) is 2.58. The van der Waals surface area contributed by atoms with Crippen molar-refractivity contribution >= 4 is 11.8 Å². The first-order valence-corrected chi connectivity index (χ1v) is 9.17. The number of carbonyl (C=O) groups is 2. The molecule has 0 spiro atoms. The van der Waals surface area contributed by atoms with Crippen LogP contribution >= 0.6 is 0 Å². The van der Waals surface area contributed by atoms with E-state index in [1.54, 1.807) is 13.0 Å². The highest BCUT2D eigenvalue weighted by Gasteiger charge is 2.63. The summed E-state index contributed by atoms with van der Waals surface area (Å²) >= 11 is 0.